The van der Waals surface area contributed by atoms with Crippen molar-refractivity contribution in [3.8, 4) is 0 Å². The zero-order chi connectivity index (χ0) is 15.5. The molecule has 1 aliphatic rings. The standard InChI is InChI=1S/C17H22N4O/c1-13(12-20-10-5-9-18-20)19-14(2)17(22)21-11-8-15-6-3-4-7-16(15)21/h3-7,9-10,13-14,19H,8,11-12H2,1-2H3/t13-,14+/m0/s1. The molecule has 0 spiro atoms. The summed E-state index contributed by atoms with van der Waals surface area (Å²) in [7, 11) is 0. The molecule has 5 heteroatoms. The largest absolute Gasteiger partial charge is 0.310 e. The van der Waals surface area contributed by atoms with Crippen molar-refractivity contribution in [2.75, 3.05) is 11.4 Å². The molecular weight excluding hydrogens is 276 g/mol. The average Bonchev–Trinajstić information content (AvgIpc) is 3.15. The Labute approximate surface area is 130 Å². The number of hydrogen-bond acceptors (Lipinski definition) is 3. The Morgan fingerprint density at radius 3 is 2.91 bits per heavy atom. The van der Waals surface area contributed by atoms with Crippen molar-refractivity contribution in [3.63, 3.8) is 0 Å². The van der Waals surface area contributed by atoms with E-state index >= 15 is 0 Å². The summed E-state index contributed by atoms with van der Waals surface area (Å²) in [5, 5.41) is 7.57. The van der Waals surface area contributed by atoms with Gasteiger partial charge in [0.05, 0.1) is 12.6 Å². The summed E-state index contributed by atoms with van der Waals surface area (Å²) in [4.78, 5) is 14.6. The van der Waals surface area contributed by atoms with Crippen LogP contribution in [0.3, 0.4) is 0 Å². The van der Waals surface area contributed by atoms with E-state index in [4.69, 9.17) is 0 Å². The van der Waals surface area contributed by atoms with Gasteiger partial charge in [-0.25, -0.2) is 0 Å². The number of rotatable bonds is 5. The highest BCUT2D eigenvalue weighted by Crippen LogP contribution is 2.27. The predicted octanol–water partition coefficient (Wildman–Crippen LogP) is 1.84. The maximum Gasteiger partial charge on any atom is 0.243 e. The molecule has 0 saturated carbocycles. The summed E-state index contributed by atoms with van der Waals surface area (Å²) in [6, 6.07) is 10.0. The molecule has 2 aromatic rings. The lowest BCUT2D eigenvalue weighted by molar-refractivity contribution is -0.120. The third-order valence-electron chi connectivity index (χ3n) is 4.08. The maximum absolute atomic E-state index is 12.7. The molecule has 1 N–H and O–H groups in total. The zero-order valence-corrected chi connectivity index (χ0v) is 13.1. The normalized spacial score (nSPS) is 16.4. The van der Waals surface area contributed by atoms with E-state index in [0.717, 1.165) is 25.2 Å². The van der Waals surface area contributed by atoms with Crippen LogP contribution < -0.4 is 10.2 Å². The number of nitrogens with zero attached hydrogens (tertiary/aromatic N) is 3. The first-order valence-corrected chi connectivity index (χ1v) is 7.78. The molecule has 22 heavy (non-hydrogen) atoms. The van der Waals surface area contributed by atoms with Gasteiger partial charge in [0.2, 0.25) is 5.91 Å². The van der Waals surface area contributed by atoms with Crippen molar-refractivity contribution in [2.45, 2.75) is 38.9 Å². The van der Waals surface area contributed by atoms with Crippen LogP contribution in [0.1, 0.15) is 19.4 Å². The number of carbonyl (C=O) groups is 1. The van der Waals surface area contributed by atoms with Gasteiger partial charge in [0, 0.05) is 30.7 Å². The Morgan fingerprint density at radius 2 is 2.14 bits per heavy atom. The summed E-state index contributed by atoms with van der Waals surface area (Å²) in [6.07, 6.45) is 4.64. The van der Waals surface area contributed by atoms with Crippen LogP contribution in [-0.2, 0) is 17.8 Å². The van der Waals surface area contributed by atoms with Crippen LogP contribution in [0.25, 0.3) is 0 Å². The molecule has 0 aliphatic carbocycles. The van der Waals surface area contributed by atoms with Crippen molar-refractivity contribution in [3.05, 3.63) is 48.3 Å². The number of fused-ring (bicyclic) bond motifs is 1. The third-order valence-corrected chi connectivity index (χ3v) is 4.08. The molecular formula is C17H22N4O. The molecule has 0 saturated heterocycles. The summed E-state index contributed by atoms with van der Waals surface area (Å²) >= 11 is 0. The number of anilines is 1. The average molecular weight is 298 g/mol. The topological polar surface area (TPSA) is 50.2 Å². The predicted molar refractivity (Wildman–Crippen MR) is 86.8 cm³/mol. The maximum atomic E-state index is 12.7. The Kier molecular flexibility index (Phi) is 4.24. The number of nitrogens with one attached hydrogen (secondary N) is 1. The van der Waals surface area contributed by atoms with Crippen LogP contribution in [0.15, 0.2) is 42.7 Å². The summed E-state index contributed by atoms with van der Waals surface area (Å²) < 4.78 is 1.88. The van der Waals surface area contributed by atoms with E-state index < -0.39 is 0 Å². The molecule has 0 bridgehead atoms. The monoisotopic (exact) mass is 298 g/mol. The Morgan fingerprint density at radius 1 is 1.32 bits per heavy atom. The van der Waals surface area contributed by atoms with Gasteiger partial charge in [0.25, 0.3) is 0 Å². The van der Waals surface area contributed by atoms with Crippen LogP contribution in [0, 0.1) is 0 Å². The van der Waals surface area contributed by atoms with Crippen molar-refractivity contribution in [1.29, 1.82) is 0 Å². The van der Waals surface area contributed by atoms with E-state index in [1.807, 2.05) is 47.0 Å². The molecule has 1 aliphatic heterocycles. The highest BCUT2D eigenvalue weighted by atomic mass is 16.2. The van der Waals surface area contributed by atoms with Crippen molar-refractivity contribution in [2.24, 2.45) is 0 Å². The van der Waals surface area contributed by atoms with Crippen molar-refractivity contribution < 1.29 is 4.79 Å². The van der Waals surface area contributed by atoms with E-state index in [-0.39, 0.29) is 18.0 Å². The smallest absolute Gasteiger partial charge is 0.243 e. The van der Waals surface area contributed by atoms with Gasteiger partial charge < -0.3 is 10.2 Å². The number of benzene rings is 1. The Hall–Kier alpha value is -2.14. The van der Waals surface area contributed by atoms with Gasteiger partial charge in [-0.2, -0.15) is 5.10 Å². The van der Waals surface area contributed by atoms with Crippen molar-refractivity contribution in [1.82, 2.24) is 15.1 Å². The fraction of sp³-hybridized carbons (Fsp3) is 0.412. The first-order chi connectivity index (χ1) is 10.6. The van der Waals surface area contributed by atoms with Crippen LogP contribution in [0.5, 0.6) is 0 Å². The van der Waals surface area contributed by atoms with Crippen LogP contribution in [0.2, 0.25) is 0 Å². The lowest BCUT2D eigenvalue weighted by Crippen LogP contribution is -2.48. The van der Waals surface area contributed by atoms with Crippen LogP contribution in [0.4, 0.5) is 5.69 Å². The first kappa shape index (κ1) is 14.8. The van der Waals surface area contributed by atoms with Gasteiger partial charge in [-0.1, -0.05) is 18.2 Å². The van der Waals surface area contributed by atoms with Gasteiger partial charge in [-0.05, 0) is 38.0 Å². The molecule has 1 amide bonds. The number of carbonyl (C=O) groups excluding carboxylic acids is 1. The van der Waals surface area contributed by atoms with Crippen LogP contribution >= 0.6 is 0 Å². The van der Waals surface area contributed by atoms with Crippen LogP contribution in [-0.4, -0.2) is 34.3 Å². The molecule has 0 fully saturated rings. The Balaban J connectivity index is 1.60. The van der Waals surface area contributed by atoms with E-state index in [0.29, 0.717) is 0 Å². The lowest BCUT2D eigenvalue weighted by Gasteiger charge is -2.25. The van der Waals surface area contributed by atoms with Crippen molar-refractivity contribution >= 4 is 11.6 Å². The molecule has 116 valence electrons. The van der Waals surface area contributed by atoms with E-state index in [9.17, 15) is 4.79 Å². The van der Waals surface area contributed by atoms with E-state index in [2.05, 4.69) is 23.4 Å². The molecule has 1 aromatic carbocycles. The molecule has 3 rings (SSSR count). The second-order valence-corrected chi connectivity index (χ2v) is 5.89. The van der Waals surface area contributed by atoms with Gasteiger partial charge in [-0.15, -0.1) is 0 Å². The molecule has 1 aromatic heterocycles. The lowest BCUT2D eigenvalue weighted by atomic mass is 10.2. The number of para-hydroxylation sites is 1. The zero-order valence-electron chi connectivity index (χ0n) is 13.1. The van der Waals surface area contributed by atoms with Gasteiger partial charge in [0.1, 0.15) is 0 Å². The van der Waals surface area contributed by atoms with E-state index in [1.165, 1.54) is 5.56 Å². The van der Waals surface area contributed by atoms with Gasteiger partial charge >= 0.3 is 0 Å². The summed E-state index contributed by atoms with van der Waals surface area (Å²) in [5.74, 6) is 0.136. The van der Waals surface area contributed by atoms with Gasteiger partial charge in [-0.3, -0.25) is 9.48 Å². The minimum Gasteiger partial charge on any atom is -0.310 e. The number of hydrogen-bond donors (Lipinski definition) is 1. The quantitative estimate of drug-likeness (QED) is 0.916. The fourth-order valence-electron chi connectivity index (χ4n) is 3.04. The fourth-order valence-corrected chi connectivity index (χ4v) is 3.04. The number of aromatic nitrogens is 2. The Bertz CT molecular complexity index is 638. The van der Waals surface area contributed by atoms with E-state index in [1.54, 1.807) is 6.20 Å². The minimum absolute atomic E-state index is 0.136. The first-order valence-electron chi connectivity index (χ1n) is 7.78. The third kappa shape index (κ3) is 3.04. The SMILES string of the molecule is C[C@@H](Cn1cccn1)N[C@H](C)C(=O)N1CCc2ccccc21. The minimum atomic E-state index is -0.211. The summed E-state index contributed by atoms with van der Waals surface area (Å²) in [6.45, 7) is 5.53. The highest BCUT2D eigenvalue weighted by Gasteiger charge is 2.28. The molecule has 0 radical (unpaired) electrons. The summed E-state index contributed by atoms with van der Waals surface area (Å²) in [5.41, 5.74) is 2.31. The van der Waals surface area contributed by atoms with Gasteiger partial charge in [0.15, 0.2) is 0 Å². The number of amides is 1. The highest BCUT2D eigenvalue weighted by molar-refractivity contribution is 5.98. The molecule has 0 unspecified atom stereocenters. The second kappa shape index (κ2) is 6.32. The molecule has 2 heterocycles. The molecule has 5 nitrogen and oxygen atoms in total. The molecule has 2 atom stereocenters. The second-order valence-electron chi connectivity index (χ2n) is 5.89.